The van der Waals surface area contributed by atoms with Crippen LogP contribution < -0.4 is 16.1 Å². The molecular formula is C21H26BF2N4O7P. The molecule has 3 N–H and O–H groups in total. The number of amides is 1. The van der Waals surface area contributed by atoms with Gasteiger partial charge >= 0.3 is 8.69 Å². The largest absolute Gasteiger partial charge is 0.483 e. The second-order valence-electron chi connectivity index (χ2n) is 6.78. The zero-order valence-electron chi connectivity index (χ0n) is 19.8. The monoisotopic (exact) mass is 526 g/mol. The Morgan fingerprint density at radius 2 is 2.11 bits per heavy atom. The van der Waals surface area contributed by atoms with E-state index in [0.717, 1.165) is 5.56 Å². The first-order valence-corrected chi connectivity index (χ1v) is 11.4. The van der Waals surface area contributed by atoms with E-state index in [-0.39, 0.29) is 31.4 Å². The summed E-state index contributed by atoms with van der Waals surface area (Å²) < 4.78 is 54.5. The minimum absolute atomic E-state index is 0.000958. The normalized spacial score (nSPS) is 18.8. The van der Waals surface area contributed by atoms with Crippen LogP contribution in [-0.2, 0) is 30.0 Å². The number of aryl methyl sites for hydroxylation is 1. The molecular weight excluding hydrogens is 500 g/mol. The zero-order valence-corrected chi connectivity index (χ0v) is 20.7. The quantitative estimate of drug-likeness (QED) is 0.147. The molecule has 2 atom stereocenters. The molecule has 1 aromatic carbocycles. The van der Waals surface area contributed by atoms with Gasteiger partial charge in [0.1, 0.15) is 25.7 Å². The third kappa shape index (κ3) is 9.10. The van der Waals surface area contributed by atoms with Crippen LogP contribution in [0.5, 0.6) is 0 Å². The maximum atomic E-state index is 14.3. The number of aromatic nitrogens is 1. The second kappa shape index (κ2) is 15.7. The summed E-state index contributed by atoms with van der Waals surface area (Å²) in [7, 11) is 5.24. The Morgan fingerprint density at radius 1 is 1.42 bits per heavy atom. The van der Waals surface area contributed by atoms with Crippen LogP contribution in [0.15, 0.2) is 33.8 Å². The van der Waals surface area contributed by atoms with Gasteiger partial charge in [-0.25, -0.2) is 18.3 Å². The van der Waals surface area contributed by atoms with Crippen LogP contribution in [0.2, 0.25) is 0 Å². The highest BCUT2D eigenvalue weighted by Gasteiger charge is 2.50. The van der Waals surface area contributed by atoms with Crippen molar-refractivity contribution < 1.29 is 41.7 Å². The molecule has 194 valence electrons. The first kappa shape index (κ1) is 30.8. The minimum atomic E-state index is -3.23. The van der Waals surface area contributed by atoms with Crippen LogP contribution >= 0.6 is 8.69 Å². The van der Waals surface area contributed by atoms with Crippen LogP contribution in [0.3, 0.4) is 0 Å². The molecule has 15 heteroatoms. The molecule has 1 aliphatic heterocycles. The van der Waals surface area contributed by atoms with Crippen LogP contribution in [-0.4, -0.2) is 61.5 Å². The summed E-state index contributed by atoms with van der Waals surface area (Å²) in [5.41, 5.74) is 2.40. The van der Waals surface area contributed by atoms with Gasteiger partial charge in [-0.05, 0) is 24.6 Å². The molecule has 1 aliphatic rings. The predicted octanol–water partition coefficient (Wildman–Crippen LogP) is 2.38. The van der Waals surface area contributed by atoms with Crippen LogP contribution in [0, 0.1) is 6.92 Å². The van der Waals surface area contributed by atoms with Crippen molar-refractivity contribution >= 4 is 51.8 Å². The number of rotatable bonds is 9. The number of hydrogen-bond acceptors (Lipinski definition) is 8. The molecule has 2 unspecified atom stereocenters. The number of nitrogens with zero attached hydrogens (tertiary/aromatic N) is 2. The summed E-state index contributed by atoms with van der Waals surface area (Å²) in [5, 5.41) is 11.7. The fourth-order valence-electron chi connectivity index (χ4n) is 2.95. The van der Waals surface area contributed by atoms with Gasteiger partial charge in [0.15, 0.2) is 11.8 Å². The highest BCUT2D eigenvalue weighted by atomic mass is 31.1. The molecule has 3 rings (SSSR count). The van der Waals surface area contributed by atoms with Gasteiger partial charge in [0.05, 0.1) is 12.7 Å². The first-order valence-electron chi connectivity index (χ1n) is 10.6. The number of aliphatic imine (C=N–C) groups is 1. The molecule has 1 amide bonds. The SMILES string of the molecule is CC.O=CO.[B]c1ccc2nc(CN=C(/C=C\NC=O)NC3OC(COP=O)CC3(F)F)oc2c1C. The maximum Gasteiger partial charge on any atom is 0.327 e. The molecule has 0 spiro atoms. The van der Waals surface area contributed by atoms with Crippen molar-refractivity contribution in [2.24, 2.45) is 4.99 Å². The van der Waals surface area contributed by atoms with Crippen molar-refractivity contribution in [3.05, 3.63) is 35.9 Å². The number of carbonyl (C=O) groups excluding carboxylic acids is 1. The number of nitrogens with one attached hydrogen (secondary N) is 2. The smallest absolute Gasteiger partial charge is 0.327 e. The van der Waals surface area contributed by atoms with Gasteiger partial charge in [0, 0.05) is 12.6 Å². The van der Waals surface area contributed by atoms with E-state index in [1.54, 1.807) is 19.1 Å². The van der Waals surface area contributed by atoms with E-state index < -0.39 is 33.4 Å². The Kier molecular flexibility index (Phi) is 13.4. The molecule has 1 fully saturated rings. The molecule has 0 aliphatic carbocycles. The van der Waals surface area contributed by atoms with Gasteiger partial charge in [-0.15, -0.1) is 0 Å². The van der Waals surface area contributed by atoms with Gasteiger partial charge in [-0.3, -0.25) is 19.1 Å². The van der Waals surface area contributed by atoms with E-state index >= 15 is 0 Å². The summed E-state index contributed by atoms with van der Waals surface area (Å²) in [6.45, 7) is 5.23. The third-order valence-corrected chi connectivity index (χ3v) is 4.74. The highest BCUT2D eigenvalue weighted by Crippen LogP contribution is 2.35. The van der Waals surface area contributed by atoms with Crippen molar-refractivity contribution in [1.29, 1.82) is 0 Å². The fourth-order valence-corrected chi connectivity index (χ4v) is 3.18. The Hall–Kier alpha value is -3.22. The molecule has 0 bridgehead atoms. The van der Waals surface area contributed by atoms with Crippen molar-refractivity contribution in [1.82, 2.24) is 15.6 Å². The van der Waals surface area contributed by atoms with E-state index in [0.29, 0.717) is 23.0 Å². The van der Waals surface area contributed by atoms with Crippen LogP contribution in [0.1, 0.15) is 31.7 Å². The Morgan fingerprint density at radius 3 is 2.75 bits per heavy atom. The van der Waals surface area contributed by atoms with Gasteiger partial charge < -0.3 is 24.9 Å². The van der Waals surface area contributed by atoms with E-state index in [2.05, 4.69) is 25.1 Å². The lowest BCUT2D eigenvalue weighted by Gasteiger charge is -2.20. The lowest BCUT2D eigenvalue weighted by atomic mass is 9.91. The van der Waals surface area contributed by atoms with Gasteiger partial charge in [0.25, 0.3) is 12.4 Å². The van der Waals surface area contributed by atoms with Crippen molar-refractivity contribution in [3.63, 3.8) is 0 Å². The number of alkyl halides is 2. The molecule has 0 saturated carbocycles. The Bertz CT molecular complexity index is 1070. The zero-order chi connectivity index (χ0) is 27.1. The van der Waals surface area contributed by atoms with Gasteiger partial charge in [-0.2, -0.15) is 0 Å². The van der Waals surface area contributed by atoms with E-state index in [4.69, 9.17) is 26.9 Å². The van der Waals surface area contributed by atoms with E-state index in [9.17, 15) is 18.1 Å². The molecule has 2 heterocycles. The second-order valence-corrected chi connectivity index (χ2v) is 7.19. The number of oxazole rings is 1. The number of amidine groups is 1. The Balaban J connectivity index is 0.00000120. The van der Waals surface area contributed by atoms with Crippen molar-refractivity contribution in [3.8, 4) is 0 Å². The fraction of sp³-hybridized carbons (Fsp3) is 0.429. The number of benzene rings is 1. The minimum Gasteiger partial charge on any atom is -0.483 e. The summed E-state index contributed by atoms with van der Waals surface area (Å²) in [5.74, 6) is -2.98. The predicted molar refractivity (Wildman–Crippen MR) is 129 cm³/mol. The third-order valence-electron chi connectivity index (χ3n) is 4.49. The number of carboxylic acid groups (broad SMARTS) is 1. The first-order chi connectivity index (χ1) is 17.2. The topological polar surface area (TPSA) is 152 Å². The van der Waals surface area contributed by atoms with Crippen molar-refractivity contribution in [2.45, 2.75) is 52.0 Å². The molecule has 2 radical (unpaired) electrons. The summed E-state index contributed by atoms with van der Waals surface area (Å²) in [6, 6.07) is 3.41. The van der Waals surface area contributed by atoms with Gasteiger partial charge in [0.2, 0.25) is 12.3 Å². The summed E-state index contributed by atoms with van der Waals surface area (Å²) >= 11 is 0. The van der Waals surface area contributed by atoms with Crippen LogP contribution in [0.4, 0.5) is 8.78 Å². The molecule has 11 nitrogen and oxygen atoms in total. The lowest BCUT2D eigenvalue weighted by Crippen LogP contribution is -2.44. The van der Waals surface area contributed by atoms with E-state index in [1.807, 2.05) is 13.8 Å². The number of ether oxygens (including phenoxy) is 1. The number of fused-ring (bicyclic) bond motifs is 1. The number of hydrogen-bond donors (Lipinski definition) is 3. The van der Waals surface area contributed by atoms with Crippen molar-refractivity contribution in [2.75, 3.05) is 6.61 Å². The number of halogens is 2. The van der Waals surface area contributed by atoms with Gasteiger partial charge in [-0.1, -0.05) is 25.4 Å². The number of carbonyl (C=O) groups is 2. The molecule has 1 saturated heterocycles. The standard InChI is InChI=1S/C18H18BF2N4O5P.C2H6.CH2O2/c1-10-12(19)2-3-13-16(10)30-15(24-13)7-23-14(4-5-22-9-26)25-17-18(20,21)6-11(29-17)8-28-31-27;1-2;2-1-3/h2-5,9,11,17H,6-8H2,1H3,(H,22,26)(H,23,25);1-2H3;1H,(H,2,3)/b5-4-;;. The van der Waals surface area contributed by atoms with Crippen LogP contribution in [0.25, 0.3) is 11.1 Å². The average Bonchev–Trinajstić information content (AvgIpc) is 3.40. The molecule has 2 aromatic rings. The van der Waals surface area contributed by atoms with E-state index in [1.165, 1.54) is 12.3 Å². The Labute approximate surface area is 209 Å². The summed E-state index contributed by atoms with van der Waals surface area (Å²) in [4.78, 5) is 27.4. The lowest BCUT2D eigenvalue weighted by molar-refractivity contribution is -0.122. The molecule has 36 heavy (non-hydrogen) atoms. The average molecular weight is 526 g/mol. The summed E-state index contributed by atoms with van der Waals surface area (Å²) in [6.07, 6.45) is -0.333. The molecule has 1 aromatic heterocycles. The maximum absolute atomic E-state index is 14.3. The highest BCUT2D eigenvalue weighted by molar-refractivity contribution is 7.17.